The van der Waals surface area contributed by atoms with Crippen molar-refractivity contribution < 1.29 is 14.3 Å². The van der Waals surface area contributed by atoms with Gasteiger partial charge in [0.1, 0.15) is 11.5 Å². The zero-order valence-electron chi connectivity index (χ0n) is 11.1. The molecule has 2 atom stereocenters. The number of benzene rings is 1. The summed E-state index contributed by atoms with van der Waals surface area (Å²) < 4.78 is 10.4. The van der Waals surface area contributed by atoms with Crippen molar-refractivity contribution in [2.45, 2.75) is 30.1 Å². The molecule has 1 N–H and O–H groups in total. The monoisotopic (exact) mass is 327 g/mol. The van der Waals surface area contributed by atoms with Gasteiger partial charge in [-0.25, -0.2) is 0 Å². The summed E-state index contributed by atoms with van der Waals surface area (Å²) in [4.78, 5) is 12.7. The number of methoxy groups -OCH3 is 2. The summed E-state index contributed by atoms with van der Waals surface area (Å²) in [5.41, 5.74) is 0.508. The number of halogens is 1. The summed E-state index contributed by atoms with van der Waals surface area (Å²) in [6.07, 6.45) is 3.24. The number of ether oxygens (including phenoxy) is 2. The van der Waals surface area contributed by atoms with Gasteiger partial charge < -0.3 is 14.8 Å². The second kappa shape index (κ2) is 6.28. The summed E-state index contributed by atoms with van der Waals surface area (Å²) in [5, 5.41) is 3.05. The highest BCUT2D eigenvalue weighted by Gasteiger charge is 2.27. The molecule has 1 aromatic rings. The van der Waals surface area contributed by atoms with Crippen LogP contribution in [0.4, 0.5) is 0 Å². The van der Waals surface area contributed by atoms with E-state index < -0.39 is 0 Å². The third-order valence-corrected chi connectivity index (χ3v) is 4.50. The smallest absolute Gasteiger partial charge is 0.255 e. The van der Waals surface area contributed by atoms with Crippen LogP contribution in [0.5, 0.6) is 11.5 Å². The number of alkyl halides is 1. The van der Waals surface area contributed by atoms with Gasteiger partial charge >= 0.3 is 0 Å². The average molecular weight is 328 g/mol. The first kappa shape index (κ1) is 14.2. The molecular weight excluding hydrogens is 310 g/mol. The van der Waals surface area contributed by atoms with Gasteiger partial charge in [0, 0.05) is 10.9 Å². The van der Waals surface area contributed by atoms with E-state index in [2.05, 4.69) is 21.2 Å². The molecular formula is C14H18BrNO3. The van der Waals surface area contributed by atoms with Crippen molar-refractivity contribution in [1.82, 2.24) is 5.32 Å². The lowest BCUT2D eigenvalue weighted by atomic mass is 10.1. The number of hydrogen-bond acceptors (Lipinski definition) is 3. The first-order valence-corrected chi connectivity index (χ1v) is 7.24. The van der Waals surface area contributed by atoms with Crippen molar-refractivity contribution in [1.29, 1.82) is 0 Å². The van der Waals surface area contributed by atoms with Gasteiger partial charge in [0.05, 0.1) is 19.8 Å². The van der Waals surface area contributed by atoms with E-state index in [4.69, 9.17) is 9.47 Å². The van der Waals surface area contributed by atoms with E-state index in [0.29, 0.717) is 21.9 Å². The normalized spacial score (nSPS) is 22.1. The van der Waals surface area contributed by atoms with Crippen LogP contribution in [-0.4, -0.2) is 31.0 Å². The average Bonchev–Trinajstić information content (AvgIpc) is 2.83. The van der Waals surface area contributed by atoms with E-state index in [1.165, 1.54) is 0 Å². The molecule has 1 saturated carbocycles. The molecule has 1 aliphatic carbocycles. The molecule has 2 unspecified atom stereocenters. The van der Waals surface area contributed by atoms with Crippen LogP contribution < -0.4 is 14.8 Å². The quantitative estimate of drug-likeness (QED) is 0.865. The van der Waals surface area contributed by atoms with Gasteiger partial charge in [0.25, 0.3) is 5.91 Å². The Morgan fingerprint density at radius 2 is 2.11 bits per heavy atom. The molecule has 0 radical (unpaired) electrons. The van der Waals surface area contributed by atoms with Gasteiger partial charge in [0.15, 0.2) is 0 Å². The highest BCUT2D eigenvalue weighted by atomic mass is 79.9. The molecule has 19 heavy (non-hydrogen) atoms. The third-order valence-electron chi connectivity index (χ3n) is 3.40. The Morgan fingerprint density at radius 1 is 1.32 bits per heavy atom. The Balaban J connectivity index is 2.17. The number of hydrogen-bond donors (Lipinski definition) is 1. The molecule has 4 nitrogen and oxygen atoms in total. The van der Waals surface area contributed by atoms with Crippen molar-refractivity contribution in [2.75, 3.05) is 14.2 Å². The van der Waals surface area contributed by atoms with Crippen LogP contribution in [-0.2, 0) is 0 Å². The van der Waals surface area contributed by atoms with E-state index in [-0.39, 0.29) is 11.9 Å². The number of rotatable bonds is 4. The highest BCUT2D eigenvalue weighted by molar-refractivity contribution is 9.09. The second-order valence-corrected chi connectivity index (χ2v) is 5.77. The van der Waals surface area contributed by atoms with E-state index in [1.54, 1.807) is 32.4 Å². The maximum atomic E-state index is 12.3. The first-order valence-electron chi connectivity index (χ1n) is 6.32. The summed E-state index contributed by atoms with van der Waals surface area (Å²) in [6, 6.07) is 5.40. The van der Waals surface area contributed by atoms with Crippen LogP contribution in [0.25, 0.3) is 0 Å². The van der Waals surface area contributed by atoms with Gasteiger partial charge in [-0.3, -0.25) is 4.79 Å². The standard InChI is InChI=1S/C14H18BrNO3/c1-18-9-6-7-13(19-2)10(8-9)14(17)16-12-5-3-4-11(12)15/h6-8,11-12H,3-5H2,1-2H3,(H,16,17). The van der Waals surface area contributed by atoms with E-state index in [9.17, 15) is 4.79 Å². The zero-order valence-corrected chi connectivity index (χ0v) is 12.7. The molecule has 0 bridgehead atoms. The molecule has 0 saturated heterocycles. The number of nitrogens with one attached hydrogen (secondary N) is 1. The lowest BCUT2D eigenvalue weighted by molar-refractivity contribution is 0.0935. The van der Waals surface area contributed by atoms with Crippen molar-refractivity contribution in [3.8, 4) is 11.5 Å². The molecule has 1 fully saturated rings. The molecule has 5 heteroatoms. The SMILES string of the molecule is COc1ccc(OC)c(C(=O)NC2CCCC2Br)c1. The Bertz CT molecular complexity index is 464. The van der Waals surface area contributed by atoms with E-state index >= 15 is 0 Å². The number of carbonyl (C=O) groups is 1. The van der Waals surface area contributed by atoms with Crippen LogP contribution >= 0.6 is 15.9 Å². The fourth-order valence-electron chi connectivity index (χ4n) is 2.32. The van der Waals surface area contributed by atoms with Crippen LogP contribution in [0.1, 0.15) is 29.6 Å². The molecule has 0 spiro atoms. The van der Waals surface area contributed by atoms with Crippen LogP contribution in [0.2, 0.25) is 0 Å². The van der Waals surface area contributed by atoms with Crippen molar-refractivity contribution in [2.24, 2.45) is 0 Å². The largest absolute Gasteiger partial charge is 0.497 e. The van der Waals surface area contributed by atoms with E-state index in [0.717, 1.165) is 19.3 Å². The van der Waals surface area contributed by atoms with Crippen molar-refractivity contribution >= 4 is 21.8 Å². The van der Waals surface area contributed by atoms with Crippen LogP contribution in [0.3, 0.4) is 0 Å². The van der Waals surface area contributed by atoms with Gasteiger partial charge in [-0.15, -0.1) is 0 Å². The molecule has 1 aromatic carbocycles. The summed E-state index contributed by atoms with van der Waals surface area (Å²) >= 11 is 3.60. The van der Waals surface area contributed by atoms with Gasteiger partial charge in [0.2, 0.25) is 0 Å². The maximum absolute atomic E-state index is 12.3. The van der Waals surface area contributed by atoms with Crippen molar-refractivity contribution in [3.63, 3.8) is 0 Å². The first-order chi connectivity index (χ1) is 9.15. The Hall–Kier alpha value is -1.23. The van der Waals surface area contributed by atoms with Crippen LogP contribution in [0, 0.1) is 0 Å². The second-order valence-electron chi connectivity index (χ2n) is 4.59. The molecule has 1 aliphatic rings. The minimum atomic E-state index is -0.118. The van der Waals surface area contributed by atoms with Gasteiger partial charge in [-0.1, -0.05) is 22.4 Å². The lowest BCUT2D eigenvalue weighted by Gasteiger charge is -2.17. The predicted molar refractivity (Wildman–Crippen MR) is 77.4 cm³/mol. The molecule has 0 aromatic heterocycles. The fourth-order valence-corrected chi connectivity index (χ4v) is 3.04. The number of carbonyl (C=O) groups excluding carboxylic acids is 1. The topological polar surface area (TPSA) is 47.6 Å². The fraction of sp³-hybridized carbons (Fsp3) is 0.500. The van der Waals surface area contributed by atoms with Gasteiger partial charge in [-0.05, 0) is 31.0 Å². The molecule has 1 amide bonds. The summed E-state index contributed by atoms with van der Waals surface area (Å²) in [7, 11) is 3.14. The minimum absolute atomic E-state index is 0.118. The molecule has 0 aliphatic heterocycles. The lowest BCUT2D eigenvalue weighted by Crippen LogP contribution is -2.37. The van der Waals surface area contributed by atoms with Crippen molar-refractivity contribution in [3.05, 3.63) is 23.8 Å². The highest BCUT2D eigenvalue weighted by Crippen LogP contribution is 2.28. The molecule has 104 valence electrons. The molecule has 2 rings (SSSR count). The number of amides is 1. The predicted octanol–water partition coefficient (Wildman–Crippen LogP) is 2.75. The van der Waals surface area contributed by atoms with Crippen LogP contribution in [0.15, 0.2) is 18.2 Å². The zero-order chi connectivity index (χ0) is 13.8. The third kappa shape index (κ3) is 3.21. The summed E-state index contributed by atoms with van der Waals surface area (Å²) in [6.45, 7) is 0. The minimum Gasteiger partial charge on any atom is -0.497 e. The van der Waals surface area contributed by atoms with Gasteiger partial charge in [-0.2, -0.15) is 0 Å². The Labute approximate surface area is 121 Å². The molecule has 0 heterocycles. The Kier molecular flexibility index (Phi) is 4.69. The summed E-state index contributed by atoms with van der Waals surface area (Å²) in [5.74, 6) is 1.09. The van der Waals surface area contributed by atoms with E-state index in [1.807, 2.05) is 0 Å². The maximum Gasteiger partial charge on any atom is 0.255 e. The Morgan fingerprint density at radius 3 is 2.68 bits per heavy atom.